The van der Waals surface area contributed by atoms with Crippen LogP contribution in [0.3, 0.4) is 0 Å². The van der Waals surface area contributed by atoms with Crippen LogP contribution < -0.4 is 16.4 Å². The third kappa shape index (κ3) is 6.46. The number of primary amides is 1. The summed E-state index contributed by atoms with van der Waals surface area (Å²) in [5.41, 5.74) is 7.77. The van der Waals surface area contributed by atoms with Crippen molar-refractivity contribution in [1.29, 1.82) is 0 Å². The fourth-order valence-electron chi connectivity index (χ4n) is 3.06. The molecule has 0 aliphatic carbocycles. The Balaban J connectivity index is 1.80. The number of carbonyl (C=O) groups excluding carboxylic acids is 3. The first-order valence-corrected chi connectivity index (χ1v) is 11.2. The van der Waals surface area contributed by atoms with Crippen LogP contribution >= 0.6 is 11.8 Å². The Morgan fingerprint density at radius 2 is 1.59 bits per heavy atom. The number of nitrogens with one attached hydrogen (secondary N) is 2. The molecular weight excluding hydrogens is 422 g/mol. The lowest BCUT2D eigenvalue weighted by molar-refractivity contribution is -0.116. The molecule has 3 amide bonds. The molecule has 32 heavy (non-hydrogen) atoms. The van der Waals surface area contributed by atoms with E-state index in [0.717, 1.165) is 16.9 Å². The third-order valence-electron chi connectivity index (χ3n) is 4.63. The topological polar surface area (TPSA) is 101 Å². The summed E-state index contributed by atoms with van der Waals surface area (Å²) in [7, 11) is 0. The van der Waals surface area contributed by atoms with Crippen LogP contribution in [-0.4, -0.2) is 17.7 Å². The third-order valence-corrected chi connectivity index (χ3v) is 5.87. The number of nitrogens with two attached hydrogens (primary N) is 1. The summed E-state index contributed by atoms with van der Waals surface area (Å²) in [4.78, 5) is 37.2. The van der Waals surface area contributed by atoms with Crippen LogP contribution in [-0.2, 0) is 9.59 Å². The average molecular weight is 448 g/mol. The second kappa shape index (κ2) is 11.2. The van der Waals surface area contributed by atoms with Crippen LogP contribution in [0.1, 0.15) is 40.9 Å². The quantitative estimate of drug-likeness (QED) is 0.402. The molecule has 7 heteroatoms. The molecule has 0 saturated carbocycles. The molecule has 0 saturated heterocycles. The van der Waals surface area contributed by atoms with Crippen molar-refractivity contribution in [3.8, 4) is 0 Å². The van der Waals surface area contributed by atoms with Crippen molar-refractivity contribution in [2.24, 2.45) is 5.73 Å². The summed E-state index contributed by atoms with van der Waals surface area (Å²) < 4.78 is 0. The van der Waals surface area contributed by atoms with Crippen molar-refractivity contribution in [3.63, 3.8) is 0 Å². The Kier molecular flexibility index (Phi) is 8.05. The Labute approximate surface area is 191 Å². The predicted octanol–water partition coefficient (Wildman–Crippen LogP) is 5.00. The lowest BCUT2D eigenvalue weighted by atomic mass is 10.1. The molecule has 164 valence electrons. The van der Waals surface area contributed by atoms with Crippen LogP contribution in [0.2, 0.25) is 0 Å². The lowest BCUT2D eigenvalue weighted by Crippen LogP contribution is -2.19. The molecule has 0 aliphatic heterocycles. The van der Waals surface area contributed by atoms with Gasteiger partial charge in [-0.3, -0.25) is 14.4 Å². The summed E-state index contributed by atoms with van der Waals surface area (Å²) in [6, 6.07) is 23.4. The van der Waals surface area contributed by atoms with E-state index >= 15 is 0 Å². The minimum Gasteiger partial charge on any atom is -0.366 e. The number of thioether (sulfide) groups is 1. The number of amides is 3. The molecule has 0 aromatic heterocycles. The summed E-state index contributed by atoms with van der Waals surface area (Å²) in [6.45, 7) is 1.95. The van der Waals surface area contributed by atoms with Gasteiger partial charge in [0.15, 0.2) is 0 Å². The van der Waals surface area contributed by atoms with Crippen molar-refractivity contribution in [2.75, 3.05) is 10.6 Å². The van der Waals surface area contributed by atoms with E-state index in [9.17, 15) is 14.4 Å². The number of hydrogen-bond acceptors (Lipinski definition) is 4. The van der Waals surface area contributed by atoms with E-state index < -0.39 is 11.2 Å². The van der Waals surface area contributed by atoms with Crippen LogP contribution in [0.5, 0.6) is 0 Å². The van der Waals surface area contributed by atoms with Crippen molar-refractivity contribution < 1.29 is 14.4 Å². The van der Waals surface area contributed by atoms with Gasteiger partial charge < -0.3 is 16.4 Å². The first-order valence-electron chi connectivity index (χ1n) is 10.3. The Morgan fingerprint density at radius 3 is 2.25 bits per heavy atom. The van der Waals surface area contributed by atoms with E-state index in [1.807, 2.05) is 61.5 Å². The van der Waals surface area contributed by atoms with Crippen molar-refractivity contribution in [3.05, 3.63) is 90.0 Å². The van der Waals surface area contributed by atoms with Gasteiger partial charge in [-0.1, -0.05) is 43.3 Å². The molecule has 1 atom stereocenters. The normalized spacial score (nSPS) is 11.4. The highest BCUT2D eigenvalue weighted by molar-refractivity contribution is 8.00. The van der Waals surface area contributed by atoms with Crippen molar-refractivity contribution >= 4 is 40.9 Å². The molecule has 0 fully saturated rings. The fraction of sp³-hybridized carbons (Fsp3) is 0.160. The maximum atomic E-state index is 13.2. The smallest absolute Gasteiger partial charge is 0.248 e. The molecule has 0 bridgehead atoms. The summed E-state index contributed by atoms with van der Waals surface area (Å²) in [5, 5.41) is 5.28. The van der Waals surface area contributed by atoms with Crippen LogP contribution in [0.25, 0.3) is 0 Å². The van der Waals surface area contributed by atoms with Crippen LogP contribution in [0, 0.1) is 0 Å². The number of hydrogen-bond donors (Lipinski definition) is 3. The minimum atomic E-state index is -0.522. The van der Waals surface area contributed by atoms with Gasteiger partial charge in [0.25, 0.3) is 0 Å². The first kappa shape index (κ1) is 23.1. The first-order chi connectivity index (χ1) is 15.5. The van der Waals surface area contributed by atoms with Crippen molar-refractivity contribution in [2.45, 2.75) is 29.9 Å². The largest absolute Gasteiger partial charge is 0.366 e. The highest BCUT2D eigenvalue weighted by Crippen LogP contribution is 2.37. The van der Waals surface area contributed by atoms with E-state index in [-0.39, 0.29) is 11.8 Å². The highest BCUT2D eigenvalue weighted by Gasteiger charge is 2.22. The molecule has 6 nitrogen and oxygen atoms in total. The molecular formula is C25H25N3O3S. The maximum Gasteiger partial charge on any atom is 0.248 e. The van der Waals surface area contributed by atoms with Gasteiger partial charge in [-0.2, -0.15) is 0 Å². The Hall–Kier alpha value is -3.58. The van der Waals surface area contributed by atoms with E-state index in [2.05, 4.69) is 10.6 Å². The van der Waals surface area contributed by atoms with Gasteiger partial charge in [0.2, 0.25) is 17.7 Å². The van der Waals surface area contributed by atoms with E-state index in [1.54, 1.807) is 24.3 Å². The second-order valence-corrected chi connectivity index (χ2v) is 8.34. The number of benzene rings is 3. The molecule has 1 unspecified atom stereocenters. The summed E-state index contributed by atoms with van der Waals surface area (Å²) >= 11 is 1.39. The molecule has 3 rings (SSSR count). The van der Waals surface area contributed by atoms with Gasteiger partial charge in [-0.05, 0) is 54.4 Å². The molecule has 0 radical (unpaired) electrons. The monoisotopic (exact) mass is 447 g/mol. The zero-order valence-electron chi connectivity index (χ0n) is 17.7. The lowest BCUT2D eigenvalue weighted by Gasteiger charge is -2.18. The molecule has 4 N–H and O–H groups in total. The van der Waals surface area contributed by atoms with Gasteiger partial charge in [-0.15, -0.1) is 11.8 Å². The zero-order valence-corrected chi connectivity index (χ0v) is 18.5. The summed E-state index contributed by atoms with van der Waals surface area (Å²) in [5.74, 6) is -0.758. The van der Waals surface area contributed by atoms with Crippen LogP contribution in [0.15, 0.2) is 83.8 Å². The summed E-state index contributed by atoms with van der Waals surface area (Å²) in [6.07, 6.45) is 1.23. The fourth-order valence-corrected chi connectivity index (χ4v) is 4.14. The predicted molar refractivity (Wildman–Crippen MR) is 129 cm³/mol. The van der Waals surface area contributed by atoms with E-state index in [1.165, 1.54) is 11.8 Å². The van der Waals surface area contributed by atoms with Gasteiger partial charge in [0.05, 0.1) is 0 Å². The molecule has 3 aromatic rings. The van der Waals surface area contributed by atoms with Crippen LogP contribution in [0.4, 0.5) is 11.4 Å². The number of carbonyl (C=O) groups is 3. The molecule has 3 aromatic carbocycles. The van der Waals surface area contributed by atoms with Gasteiger partial charge in [0, 0.05) is 28.3 Å². The standard InChI is InChI=1S/C25H25N3O3S/c1-2-7-22(29)27-20-10-6-11-21(16-20)32-23(17-8-4-3-5-9-17)25(31)28-19-14-12-18(13-15-19)24(26)30/h3-6,8-16,23H,2,7H2,1H3,(H2,26,30)(H,27,29)(H,28,31). The Bertz CT molecular complexity index is 1090. The van der Waals surface area contributed by atoms with Gasteiger partial charge in [0.1, 0.15) is 5.25 Å². The zero-order chi connectivity index (χ0) is 22.9. The average Bonchev–Trinajstić information content (AvgIpc) is 2.79. The second-order valence-electron chi connectivity index (χ2n) is 7.17. The van der Waals surface area contributed by atoms with E-state index in [4.69, 9.17) is 5.73 Å². The highest BCUT2D eigenvalue weighted by atomic mass is 32.2. The molecule has 0 aliphatic rings. The van der Waals surface area contributed by atoms with Crippen molar-refractivity contribution in [1.82, 2.24) is 0 Å². The van der Waals surface area contributed by atoms with Gasteiger partial charge >= 0.3 is 0 Å². The van der Waals surface area contributed by atoms with E-state index in [0.29, 0.717) is 23.4 Å². The minimum absolute atomic E-state index is 0.0357. The number of anilines is 2. The van der Waals surface area contributed by atoms with Gasteiger partial charge in [-0.25, -0.2) is 0 Å². The maximum absolute atomic E-state index is 13.2. The molecule has 0 heterocycles. The SMILES string of the molecule is CCCC(=O)Nc1cccc(SC(C(=O)Nc2ccc(C(N)=O)cc2)c2ccccc2)c1. The molecule has 0 spiro atoms. The number of rotatable bonds is 9. The Morgan fingerprint density at radius 1 is 0.875 bits per heavy atom.